The van der Waals surface area contributed by atoms with Crippen LogP contribution < -0.4 is 15.8 Å². The van der Waals surface area contributed by atoms with Gasteiger partial charge in [-0.2, -0.15) is 0 Å². The molecule has 20 heavy (non-hydrogen) atoms. The van der Waals surface area contributed by atoms with Crippen molar-refractivity contribution < 1.29 is 17.2 Å². The van der Waals surface area contributed by atoms with Gasteiger partial charge in [-0.3, -0.25) is 0 Å². The summed E-state index contributed by atoms with van der Waals surface area (Å²) in [7, 11) is -3.72. The molecule has 0 spiro atoms. The number of nitrogens with two attached hydrogens (primary N) is 1. The van der Waals surface area contributed by atoms with Crippen LogP contribution in [0.5, 0.6) is 0 Å². The van der Waals surface area contributed by atoms with Crippen molar-refractivity contribution in [2.75, 3.05) is 25.0 Å². The summed E-state index contributed by atoms with van der Waals surface area (Å²) < 4.78 is 52.7. The lowest BCUT2D eigenvalue weighted by molar-refractivity contribution is 0.0253. The van der Waals surface area contributed by atoms with E-state index in [1.54, 1.807) is 6.07 Å². The Morgan fingerprint density at radius 2 is 1.95 bits per heavy atom. The molecular weight excluding hydrogens is 288 g/mol. The molecule has 5 nitrogen and oxygen atoms in total. The van der Waals surface area contributed by atoms with E-state index in [1.807, 2.05) is 6.92 Å². The van der Waals surface area contributed by atoms with Crippen LogP contribution in [0.15, 0.2) is 29.2 Å². The van der Waals surface area contributed by atoms with Gasteiger partial charge in [-0.25, -0.2) is 21.9 Å². The third-order valence-corrected chi connectivity index (χ3v) is 4.07. The van der Waals surface area contributed by atoms with Gasteiger partial charge in [-0.05, 0) is 18.6 Å². The third-order valence-electron chi connectivity index (χ3n) is 2.55. The van der Waals surface area contributed by atoms with Gasteiger partial charge in [-0.1, -0.05) is 19.1 Å². The number of nitrogens with one attached hydrogen (secondary N) is 2. The first kappa shape index (κ1) is 16.8. The minimum absolute atomic E-state index is 0.0544. The molecular formula is C12H19F2N3O2S. The highest BCUT2D eigenvalue weighted by Crippen LogP contribution is 2.22. The number of halogens is 2. The fraction of sp³-hybridized carbons (Fsp3) is 0.500. The standard InChI is InChI=1S/C12H19F2N3O2S/c1-2-7-17-20(18,19)11-6-4-3-5-10(11)16-9-12(13,14)8-15/h3-6,16-17H,2,7-9,15H2,1H3. The summed E-state index contributed by atoms with van der Waals surface area (Å²) in [6.07, 6.45) is 0.639. The van der Waals surface area contributed by atoms with Crippen molar-refractivity contribution in [1.29, 1.82) is 0 Å². The summed E-state index contributed by atoms with van der Waals surface area (Å²) >= 11 is 0. The molecule has 114 valence electrons. The Bertz CT molecular complexity index is 535. The molecule has 0 amide bonds. The molecule has 0 fully saturated rings. The SMILES string of the molecule is CCCNS(=O)(=O)c1ccccc1NCC(F)(F)CN. The van der Waals surface area contributed by atoms with Crippen LogP contribution in [0.25, 0.3) is 0 Å². The van der Waals surface area contributed by atoms with Crippen LogP contribution in [0.2, 0.25) is 0 Å². The number of hydrogen-bond acceptors (Lipinski definition) is 4. The first-order valence-electron chi connectivity index (χ1n) is 6.23. The van der Waals surface area contributed by atoms with Crippen molar-refractivity contribution in [2.45, 2.75) is 24.2 Å². The fourth-order valence-corrected chi connectivity index (χ4v) is 2.77. The van der Waals surface area contributed by atoms with E-state index in [4.69, 9.17) is 5.73 Å². The zero-order chi connectivity index (χ0) is 15.2. The second-order valence-corrected chi connectivity index (χ2v) is 6.04. The van der Waals surface area contributed by atoms with Gasteiger partial charge < -0.3 is 11.1 Å². The molecule has 0 unspecified atom stereocenters. The van der Waals surface area contributed by atoms with Crippen molar-refractivity contribution in [3.8, 4) is 0 Å². The quantitative estimate of drug-likeness (QED) is 0.677. The fourth-order valence-electron chi connectivity index (χ4n) is 1.46. The molecule has 8 heteroatoms. The Morgan fingerprint density at radius 3 is 2.55 bits per heavy atom. The van der Waals surface area contributed by atoms with Crippen LogP contribution >= 0.6 is 0 Å². The van der Waals surface area contributed by atoms with Crippen molar-refractivity contribution in [1.82, 2.24) is 4.72 Å². The molecule has 0 bridgehead atoms. The Labute approximate surface area is 117 Å². The van der Waals surface area contributed by atoms with Crippen molar-refractivity contribution in [3.63, 3.8) is 0 Å². The van der Waals surface area contributed by atoms with Crippen LogP contribution in [0.3, 0.4) is 0 Å². The first-order chi connectivity index (χ1) is 9.32. The number of alkyl halides is 2. The van der Waals surface area contributed by atoms with Crippen LogP contribution in [-0.2, 0) is 10.0 Å². The number of sulfonamides is 1. The van der Waals surface area contributed by atoms with Crippen molar-refractivity contribution >= 4 is 15.7 Å². The van der Waals surface area contributed by atoms with Gasteiger partial charge in [-0.15, -0.1) is 0 Å². The third kappa shape index (κ3) is 4.69. The molecule has 0 aliphatic heterocycles. The second kappa shape index (κ2) is 6.96. The van der Waals surface area contributed by atoms with E-state index < -0.39 is 29.0 Å². The van der Waals surface area contributed by atoms with E-state index in [0.29, 0.717) is 6.42 Å². The number of para-hydroxylation sites is 1. The Hall–Kier alpha value is -1.25. The number of anilines is 1. The van der Waals surface area contributed by atoms with Gasteiger partial charge in [0.1, 0.15) is 4.90 Å². The lowest BCUT2D eigenvalue weighted by Crippen LogP contribution is -2.35. The van der Waals surface area contributed by atoms with Crippen molar-refractivity contribution in [3.05, 3.63) is 24.3 Å². The van der Waals surface area contributed by atoms with E-state index in [2.05, 4.69) is 10.0 Å². The smallest absolute Gasteiger partial charge is 0.276 e. The van der Waals surface area contributed by atoms with E-state index in [9.17, 15) is 17.2 Å². The highest BCUT2D eigenvalue weighted by atomic mass is 32.2. The van der Waals surface area contributed by atoms with Gasteiger partial charge in [0.25, 0.3) is 5.92 Å². The summed E-state index contributed by atoms with van der Waals surface area (Å²) in [6, 6.07) is 5.91. The molecule has 1 aromatic rings. The lowest BCUT2D eigenvalue weighted by atomic mass is 10.3. The predicted molar refractivity (Wildman–Crippen MR) is 74.4 cm³/mol. The Morgan fingerprint density at radius 1 is 1.30 bits per heavy atom. The normalized spacial score (nSPS) is 12.4. The van der Waals surface area contributed by atoms with E-state index >= 15 is 0 Å². The van der Waals surface area contributed by atoms with E-state index in [-0.39, 0.29) is 17.1 Å². The van der Waals surface area contributed by atoms with Gasteiger partial charge in [0.15, 0.2) is 0 Å². The maximum Gasteiger partial charge on any atom is 0.276 e. The minimum atomic E-state index is -3.72. The molecule has 0 aliphatic rings. The van der Waals surface area contributed by atoms with E-state index in [0.717, 1.165) is 0 Å². The molecule has 4 N–H and O–H groups in total. The molecule has 0 aliphatic carbocycles. The summed E-state index contributed by atoms with van der Waals surface area (Å²) in [5.41, 5.74) is 5.07. The predicted octanol–water partition coefficient (Wildman–Crippen LogP) is 1.38. The summed E-state index contributed by atoms with van der Waals surface area (Å²) in [4.78, 5) is -0.0544. The largest absolute Gasteiger partial charge is 0.378 e. The zero-order valence-corrected chi connectivity index (χ0v) is 12.0. The topological polar surface area (TPSA) is 84.2 Å². The molecule has 0 atom stereocenters. The van der Waals surface area contributed by atoms with Crippen molar-refractivity contribution in [2.24, 2.45) is 5.73 Å². The number of rotatable bonds is 8. The number of benzene rings is 1. The van der Waals surface area contributed by atoms with Crippen LogP contribution in [0.4, 0.5) is 14.5 Å². The Kier molecular flexibility index (Phi) is 5.85. The number of hydrogen-bond donors (Lipinski definition) is 3. The van der Waals surface area contributed by atoms with Gasteiger partial charge >= 0.3 is 0 Å². The first-order valence-corrected chi connectivity index (χ1v) is 7.71. The molecule has 0 saturated heterocycles. The lowest BCUT2D eigenvalue weighted by Gasteiger charge is -2.17. The van der Waals surface area contributed by atoms with Crippen LogP contribution in [0.1, 0.15) is 13.3 Å². The van der Waals surface area contributed by atoms with Gasteiger partial charge in [0, 0.05) is 6.54 Å². The molecule has 1 aromatic carbocycles. The molecule has 0 aromatic heterocycles. The monoisotopic (exact) mass is 307 g/mol. The van der Waals surface area contributed by atoms with Gasteiger partial charge in [0.2, 0.25) is 10.0 Å². The highest BCUT2D eigenvalue weighted by molar-refractivity contribution is 7.89. The second-order valence-electron chi connectivity index (χ2n) is 4.31. The summed E-state index contributed by atoms with van der Waals surface area (Å²) in [5.74, 6) is -3.09. The minimum Gasteiger partial charge on any atom is -0.378 e. The summed E-state index contributed by atoms with van der Waals surface area (Å²) in [6.45, 7) is 0.594. The molecule has 0 heterocycles. The molecule has 1 rings (SSSR count). The maximum absolute atomic E-state index is 13.1. The zero-order valence-electron chi connectivity index (χ0n) is 11.2. The maximum atomic E-state index is 13.1. The average Bonchev–Trinajstić information content (AvgIpc) is 2.43. The molecule has 0 radical (unpaired) electrons. The Balaban J connectivity index is 2.94. The summed E-state index contributed by atoms with van der Waals surface area (Å²) in [5, 5.41) is 2.44. The van der Waals surface area contributed by atoms with Gasteiger partial charge in [0.05, 0.1) is 18.8 Å². The van der Waals surface area contributed by atoms with Crippen LogP contribution in [0, 0.1) is 0 Å². The van der Waals surface area contributed by atoms with E-state index in [1.165, 1.54) is 18.2 Å². The molecule has 0 saturated carbocycles. The van der Waals surface area contributed by atoms with Crippen LogP contribution in [-0.4, -0.2) is 34.0 Å². The average molecular weight is 307 g/mol. The highest BCUT2D eigenvalue weighted by Gasteiger charge is 2.27.